The minimum Gasteiger partial charge on any atom is -0.317 e. The molecule has 0 amide bonds. The molecule has 0 spiro atoms. The van der Waals surface area contributed by atoms with Crippen molar-refractivity contribution < 1.29 is 8.78 Å². The van der Waals surface area contributed by atoms with Gasteiger partial charge in [0.15, 0.2) is 0 Å². The Bertz CT molecular complexity index is 369. The Kier molecular flexibility index (Phi) is 4.66. The molecule has 0 radical (unpaired) electrons. The molecule has 100 valence electrons. The maximum atomic E-state index is 13.5. The summed E-state index contributed by atoms with van der Waals surface area (Å²) in [6.07, 6.45) is 2.54. The van der Waals surface area contributed by atoms with Crippen LogP contribution in [0.3, 0.4) is 0 Å². The molecule has 0 aliphatic carbocycles. The zero-order valence-corrected chi connectivity index (χ0v) is 10.7. The predicted molar refractivity (Wildman–Crippen MR) is 68.6 cm³/mol. The van der Waals surface area contributed by atoms with E-state index in [1.54, 1.807) is 0 Å². The largest absolute Gasteiger partial charge is 0.317 e. The summed E-state index contributed by atoms with van der Waals surface area (Å²) in [5.74, 6) is -0.900. The van der Waals surface area contributed by atoms with Crippen LogP contribution in [0.25, 0.3) is 0 Å². The second-order valence-corrected chi connectivity index (χ2v) is 5.00. The first-order valence-corrected chi connectivity index (χ1v) is 6.56. The lowest BCUT2D eigenvalue weighted by Gasteiger charge is -2.27. The molecule has 1 heterocycles. The fraction of sp³-hybridized carbons (Fsp3) is 0.571. The minimum atomic E-state index is -0.450. The summed E-state index contributed by atoms with van der Waals surface area (Å²) in [4.78, 5) is 0. The summed E-state index contributed by atoms with van der Waals surface area (Å²) in [5.41, 5.74) is 0.187. The maximum Gasteiger partial charge on any atom is 0.129 e. The predicted octanol–water partition coefficient (Wildman–Crippen LogP) is 2.24. The lowest BCUT2D eigenvalue weighted by atomic mass is 10.0. The van der Waals surface area contributed by atoms with Gasteiger partial charge in [0, 0.05) is 17.6 Å². The van der Waals surface area contributed by atoms with Crippen molar-refractivity contribution in [1.82, 2.24) is 10.6 Å². The van der Waals surface area contributed by atoms with Crippen LogP contribution >= 0.6 is 0 Å². The Hall–Kier alpha value is -1.00. The second kappa shape index (κ2) is 6.25. The Balaban J connectivity index is 1.92. The van der Waals surface area contributed by atoms with Crippen molar-refractivity contribution in [2.45, 2.75) is 38.3 Å². The Labute approximate surface area is 107 Å². The van der Waals surface area contributed by atoms with Crippen LogP contribution in [0, 0.1) is 11.6 Å². The fourth-order valence-electron chi connectivity index (χ4n) is 2.48. The number of benzene rings is 1. The Morgan fingerprint density at radius 2 is 1.89 bits per heavy atom. The summed E-state index contributed by atoms with van der Waals surface area (Å²) in [6, 6.07) is 4.57. The van der Waals surface area contributed by atoms with Crippen LogP contribution in [0.5, 0.6) is 0 Å². The minimum absolute atomic E-state index is 0.0829. The molecule has 1 unspecified atom stereocenters. The van der Waals surface area contributed by atoms with E-state index in [1.165, 1.54) is 18.2 Å². The molecule has 1 aliphatic rings. The van der Waals surface area contributed by atoms with Gasteiger partial charge < -0.3 is 10.6 Å². The first-order chi connectivity index (χ1) is 8.66. The van der Waals surface area contributed by atoms with Crippen molar-refractivity contribution in [1.29, 1.82) is 0 Å². The van der Waals surface area contributed by atoms with E-state index in [-0.39, 0.29) is 11.6 Å². The summed E-state index contributed by atoms with van der Waals surface area (Å²) >= 11 is 0. The van der Waals surface area contributed by atoms with E-state index in [2.05, 4.69) is 10.6 Å². The lowest BCUT2D eigenvalue weighted by molar-refractivity contribution is 0.351. The van der Waals surface area contributed by atoms with Crippen molar-refractivity contribution in [2.24, 2.45) is 0 Å². The monoisotopic (exact) mass is 254 g/mol. The summed E-state index contributed by atoms with van der Waals surface area (Å²) < 4.78 is 27.0. The molecule has 0 bridgehead atoms. The summed E-state index contributed by atoms with van der Waals surface area (Å²) in [5, 5.41) is 6.74. The van der Waals surface area contributed by atoms with Gasteiger partial charge in [0.2, 0.25) is 0 Å². The number of hydrogen-bond donors (Lipinski definition) is 2. The maximum absolute atomic E-state index is 13.5. The van der Waals surface area contributed by atoms with E-state index in [9.17, 15) is 8.78 Å². The highest BCUT2D eigenvalue weighted by atomic mass is 19.1. The molecule has 2 nitrogen and oxygen atoms in total. The van der Waals surface area contributed by atoms with Crippen molar-refractivity contribution >= 4 is 0 Å². The van der Waals surface area contributed by atoms with E-state index in [4.69, 9.17) is 0 Å². The molecule has 2 N–H and O–H groups in total. The molecule has 4 heteroatoms. The third kappa shape index (κ3) is 3.50. The molecule has 1 saturated heterocycles. The van der Waals surface area contributed by atoms with E-state index in [1.807, 2.05) is 6.92 Å². The summed E-state index contributed by atoms with van der Waals surface area (Å²) in [7, 11) is 0. The fourth-order valence-corrected chi connectivity index (χ4v) is 2.48. The SMILES string of the molecule is CC(Cc1c(F)cccc1F)NC1CCNCC1. The van der Waals surface area contributed by atoms with E-state index >= 15 is 0 Å². The summed E-state index contributed by atoms with van der Waals surface area (Å²) in [6.45, 7) is 4.00. The van der Waals surface area contributed by atoms with Crippen molar-refractivity contribution in [3.05, 3.63) is 35.4 Å². The molecule has 2 rings (SSSR count). The van der Waals surface area contributed by atoms with Crippen LogP contribution in [-0.4, -0.2) is 25.2 Å². The van der Waals surface area contributed by atoms with Crippen LogP contribution in [0.4, 0.5) is 8.78 Å². The molecule has 1 aromatic rings. The van der Waals surface area contributed by atoms with Crippen LogP contribution in [0.2, 0.25) is 0 Å². The van der Waals surface area contributed by atoms with Crippen molar-refractivity contribution in [3.63, 3.8) is 0 Å². The van der Waals surface area contributed by atoms with Crippen LogP contribution in [0.1, 0.15) is 25.3 Å². The van der Waals surface area contributed by atoms with Crippen molar-refractivity contribution in [2.75, 3.05) is 13.1 Å². The highest BCUT2D eigenvalue weighted by molar-refractivity contribution is 5.20. The Morgan fingerprint density at radius 1 is 1.28 bits per heavy atom. The van der Waals surface area contributed by atoms with Crippen molar-refractivity contribution in [3.8, 4) is 0 Å². The molecular formula is C14H20F2N2. The molecule has 18 heavy (non-hydrogen) atoms. The third-order valence-corrected chi connectivity index (χ3v) is 3.43. The number of nitrogens with one attached hydrogen (secondary N) is 2. The zero-order chi connectivity index (χ0) is 13.0. The van der Waals surface area contributed by atoms with Gasteiger partial charge in [-0.1, -0.05) is 6.07 Å². The molecule has 1 aliphatic heterocycles. The topological polar surface area (TPSA) is 24.1 Å². The molecule has 0 saturated carbocycles. The lowest BCUT2D eigenvalue weighted by Crippen LogP contribution is -2.44. The molecule has 0 aromatic heterocycles. The highest BCUT2D eigenvalue weighted by Gasteiger charge is 2.17. The van der Waals surface area contributed by atoms with Gasteiger partial charge in [0.25, 0.3) is 0 Å². The molecule has 1 fully saturated rings. The molecule has 1 aromatic carbocycles. The van der Waals surface area contributed by atoms with E-state index in [0.29, 0.717) is 12.5 Å². The standard InChI is InChI=1S/C14H20F2N2/c1-10(18-11-5-7-17-8-6-11)9-12-13(15)3-2-4-14(12)16/h2-4,10-11,17-18H,5-9H2,1H3. The van der Waals surface area contributed by atoms with Gasteiger partial charge in [-0.2, -0.15) is 0 Å². The average molecular weight is 254 g/mol. The average Bonchev–Trinajstić information content (AvgIpc) is 2.35. The van der Waals surface area contributed by atoms with Crippen LogP contribution < -0.4 is 10.6 Å². The molecule has 1 atom stereocenters. The number of halogens is 2. The van der Waals surface area contributed by atoms with Gasteiger partial charge >= 0.3 is 0 Å². The van der Waals surface area contributed by atoms with Gasteiger partial charge in [-0.15, -0.1) is 0 Å². The van der Waals surface area contributed by atoms with Crippen LogP contribution in [0.15, 0.2) is 18.2 Å². The normalized spacial score (nSPS) is 18.8. The van der Waals surface area contributed by atoms with Gasteiger partial charge in [-0.3, -0.25) is 0 Å². The first kappa shape index (κ1) is 13.4. The Morgan fingerprint density at radius 3 is 2.50 bits per heavy atom. The highest BCUT2D eigenvalue weighted by Crippen LogP contribution is 2.15. The van der Waals surface area contributed by atoms with Gasteiger partial charge in [-0.25, -0.2) is 8.78 Å². The number of hydrogen-bond acceptors (Lipinski definition) is 2. The van der Waals surface area contributed by atoms with Gasteiger partial charge in [0.1, 0.15) is 11.6 Å². The number of rotatable bonds is 4. The number of piperidine rings is 1. The van der Waals surface area contributed by atoms with E-state index in [0.717, 1.165) is 25.9 Å². The van der Waals surface area contributed by atoms with Gasteiger partial charge in [0.05, 0.1) is 0 Å². The molecular weight excluding hydrogens is 234 g/mol. The first-order valence-electron chi connectivity index (χ1n) is 6.56. The second-order valence-electron chi connectivity index (χ2n) is 5.00. The third-order valence-electron chi connectivity index (χ3n) is 3.43. The smallest absolute Gasteiger partial charge is 0.129 e. The zero-order valence-electron chi connectivity index (χ0n) is 10.7. The van der Waals surface area contributed by atoms with E-state index < -0.39 is 11.6 Å². The van der Waals surface area contributed by atoms with Gasteiger partial charge in [-0.05, 0) is 51.4 Å². The quantitative estimate of drug-likeness (QED) is 0.861. The van der Waals surface area contributed by atoms with Crippen LogP contribution in [-0.2, 0) is 6.42 Å².